The van der Waals surface area contributed by atoms with Gasteiger partial charge in [-0.25, -0.2) is 0 Å². The molecule has 0 fully saturated rings. The molecule has 0 aliphatic carbocycles. The molecule has 1 N–H and O–H groups in total. The van der Waals surface area contributed by atoms with Gasteiger partial charge in [0.1, 0.15) is 22.7 Å². The van der Waals surface area contributed by atoms with Crippen molar-refractivity contribution in [1.29, 1.82) is 0 Å². The molecule has 9 nitrogen and oxygen atoms in total. The Morgan fingerprint density at radius 3 is 1.91 bits per heavy atom. The van der Waals surface area contributed by atoms with Gasteiger partial charge in [-0.15, -0.1) is 0 Å². The smallest absolute Gasteiger partial charge is 0.129 e. The molecule has 4 heterocycles. The zero-order valence-electron chi connectivity index (χ0n) is 18.5. The standard InChI is InChI=1S/C10H12BrIN4O.C10H12BrIN4/c1-3-16-9(11)6(4-13-16)8(17)7-5-15(2)14-10(7)12;1-3-16-9(11)7(5-13-16)4-8-6-15(2)14-10(8)12/h4-5,8,17H,3H2,1-2H3;5-6H,3-4H2,1-2H3. The van der Waals surface area contributed by atoms with E-state index in [4.69, 9.17) is 0 Å². The molecule has 0 saturated carbocycles. The van der Waals surface area contributed by atoms with Gasteiger partial charge >= 0.3 is 0 Å². The molecule has 1 unspecified atom stereocenters. The molecule has 4 aromatic rings. The van der Waals surface area contributed by atoms with Crippen LogP contribution in [-0.4, -0.2) is 44.2 Å². The number of nitrogens with zero attached hydrogens (tertiary/aromatic N) is 8. The van der Waals surface area contributed by atoms with Gasteiger partial charge in [-0.05, 0) is 90.9 Å². The van der Waals surface area contributed by atoms with Crippen LogP contribution in [0, 0.1) is 7.40 Å². The maximum absolute atomic E-state index is 10.3. The molecule has 178 valence electrons. The van der Waals surface area contributed by atoms with Gasteiger partial charge in [-0.1, -0.05) is 0 Å². The van der Waals surface area contributed by atoms with E-state index in [9.17, 15) is 5.11 Å². The molecule has 0 saturated heterocycles. The number of rotatable bonds is 6. The monoisotopic (exact) mass is 804 g/mol. The fourth-order valence-corrected chi connectivity index (χ4v) is 5.89. The number of hydrogen-bond acceptors (Lipinski definition) is 5. The van der Waals surface area contributed by atoms with Crippen LogP contribution in [0.3, 0.4) is 0 Å². The minimum absolute atomic E-state index is 0.703. The Morgan fingerprint density at radius 1 is 0.848 bits per heavy atom. The molecule has 0 aromatic carbocycles. The molecular weight excluding hydrogens is 782 g/mol. The second kappa shape index (κ2) is 11.8. The fraction of sp³-hybridized carbons (Fsp3) is 0.400. The van der Waals surface area contributed by atoms with E-state index in [1.54, 1.807) is 15.6 Å². The predicted octanol–water partition coefficient (Wildman–Crippen LogP) is 4.68. The zero-order valence-corrected chi connectivity index (χ0v) is 26.0. The van der Waals surface area contributed by atoms with Crippen LogP contribution >= 0.6 is 77.0 Å². The first-order valence-electron chi connectivity index (χ1n) is 10.1. The number of aryl methyl sites for hydroxylation is 4. The van der Waals surface area contributed by atoms with Gasteiger partial charge in [0.25, 0.3) is 0 Å². The van der Waals surface area contributed by atoms with Crippen molar-refractivity contribution in [2.75, 3.05) is 0 Å². The maximum Gasteiger partial charge on any atom is 0.129 e. The van der Waals surface area contributed by atoms with E-state index >= 15 is 0 Å². The second-order valence-electron chi connectivity index (χ2n) is 7.23. The third kappa shape index (κ3) is 6.27. The van der Waals surface area contributed by atoms with E-state index in [0.29, 0.717) is 0 Å². The Bertz CT molecular complexity index is 1230. The van der Waals surface area contributed by atoms with E-state index in [1.165, 1.54) is 11.1 Å². The number of aliphatic hydroxyl groups is 1. The summed E-state index contributed by atoms with van der Waals surface area (Å²) in [7, 11) is 3.78. The maximum atomic E-state index is 10.3. The summed E-state index contributed by atoms with van der Waals surface area (Å²) in [4.78, 5) is 0. The normalized spacial score (nSPS) is 12.0. The Kier molecular flexibility index (Phi) is 9.56. The summed E-state index contributed by atoms with van der Waals surface area (Å²) >= 11 is 11.4. The van der Waals surface area contributed by atoms with Crippen LogP contribution in [0.25, 0.3) is 0 Å². The summed E-state index contributed by atoms with van der Waals surface area (Å²) in [6, 6.07) is 0. The highest BCUT2D eigenvalue weighted by molar-refractivity contribution is 14.1. The lowest BCUT2D eigenvalue weighted by molar-refractivity contribution is 0.218. The minimum Gasteiger partial charge on any atom is -0.383 e. The first kappa shape index (κ1) is 26.8. The average Bonchev–Trinajstić information content (AvgIpc) is 3.50. The lowest BCUT2D eigenvalue weighted by atomic mass is 10.1. The summed E-state index contributed by atoms with van der Waals surface area (Å²) in [5.41, 5.74) is 3.99. The topological polar surface area (TPSA) is 91.5 Å². The zero-order chi connectivity index (χ0) is 24.3. The fourth-order valence-electron chi connectivity index (χ4n) is 3.20. The molecule has 33 heavy (non-hydrogen) atoms. The van der Waals surface area contributed by atoms with Gasteiger partial charge in [0.15, 0.2) is 0 Å². The molecule has 0 radical (unpaired) electrons. The molecule has 0 amide bonds. The van der Waals surface area contributed by atoms with Crippen molar-refractivity contribution in [2.24, 2.45) is 14.1 Å². The molecule has 0 spiro atoms. The molecule has 0 bridgehead atoms. The van der Waals surface area contributed by atoms with Crippen molar-refractivity contribution in [1.82, 2.24) is 39.1 Å². The number of hydrogen-bond donors (Lipinski definition) is 1. The Balaban J connectivity index is 0.000000186. The quantitative estimate of drug-likeness (QED) is 0.286. The number of aliphatic hydroxyl groups excluding tert-OH is 1. The molecule has 0 aliphatic rings. The van der Waals surface area contributed by atoms with Crippen molar-refractivity contribution in [2.45, 2.75) is 39.5 Å². The minimum atomic E-state index is -0.703. The number of halogens is 4. The molecular formula is C20H24Br2I2N8O. The first-order chi connectivity index (χ1) is 15.7. The highest BCUT2D eigenvalue weighted by Gasteiger charge is 2.21. The molecule has 4 rings (SSSR count). The predicted molar refractivity (Wildman–Crippen MR) is 150 cm³/mol. The number of aromatic nitrogens is 8. The highest BCUT2D eigenvalue weighted by atomic mass is 127. The van der Waals surface area contributed by atoms with Crippen LogP contribution in [-0.2, 0) is 33.6 Å². The van der Waals surface area contributed by atoms with Crippen LogP contribution in [0.5, 0.6) is 0 Å². The third-order valence-electron chi connectivity index (χ3n) is 4.88. The summed E-state index contributed by atoms with van der Waals surface area (Å²) in [6.45, 7) is 5.72. The molecule has 1 atom stereocenters. The molecule has 0 aliphatic heterocycles. The van der Waals surface area contributed by atoms with Crippen LogP contribution in [0.4, 0.5) is 0 Å². The first-order valence-corrected chi connectivity index (χ1v) is 13.9. The summed E-state index contributed by atoms with van der Waals surface area (Å²) in [5.74, 6) is 0. The van der Waals surface area contributed by atoms with Gasteiger partial charge in [-0.2, -0.15) is 20.4 Å². The van der Waals surface area contributed by atoms with Crippen LogP contribution in [0.2, 0.25) is 0 Å². The summed E-state index contributed by atoms with van der Waals surface area (Å²) in [6.07, 6.45) is 7.63. The SMILES string of the molecule is CCn1ncc(C(O)c2cn(C)nc2I)c1Br.CCn1ncc(Cc2cn(C)nc2I)c1Br. The lowest BCUT2D eigenvalue weighted by Crippen LogP contribution is -2.02. The van der Waals surface area contributed by atoms with Crippen molar-refractivity contribution in [3.8, 4) is 0 Å². The van der Waals surface area contributed by atoms with Crippen molar-refractivity contribution in [3.05, 3.63) is 63.6 Å². The van der Waals surface area contributed by atoms with Gasteiger partial charge in [0.05, 0.1) is 12.4 Å². The van der Waals surface area contributed by atoms with Crippen molar-refractivity contribution < 1.29 is 5.11 Å². The Morgan fingerprint density at radius 2 is 1.42 bits per heavy atom. The summed E-state index contributed by atoms with van der Waals surface area (Å²) < 4.78 is 11.0. The highest BCUT2D eigenvalue weighted by Crippen LogP contribution is 2.30. The van der Waals surface area contributed by atoms with Crippen LogP contribution < -0.4 is 0 Å². The van der Waals surface area contributed by atoms with Gasteiger partial charge in [-0.3, -0.25) is 18.7 Å². The van der Waals surface area contributed by atoms with Gasteiger partial charge in [0.2, 0.25) is 0 Å². The summed E-state index contributed by atoms with van der Waals surface area (Å²) in [5, 5.41) is 27.4. The van der Waals surface area contributed by atoms with E-state index in [-0.39, 0.29) is 0 Å². The lowest BCUT2D eigenvalue weighted by Gasteiger charge is -2.08. The Hall–Kier alpha value is -0.780. The van der Waals surface area contributed by atoms with Crippen molar-refractivity contribution in [3.63, 3.8) is 0 Å². The molecule has 13 heteroatoms. The van der Waals surface area contributed by atoms with E-state index in [0.717, 1.165) is 47.2 Å². The van der Waals surface area contributed by atoms with Gasteiger partial charge < -0.3 is 5.11 Å². The average molecular weight is 806 g/mol. The van der Waals surface area contributed by atoms with Gasteiger partial charge in [0, 0.05) is 68.3 Å². The Labute approximate surface area is 236 Å². The largest absolute Gasteiger partial charge is 0.383 e. The van der Waals surface area contributed by atoms with Crippen molar-refractivity contribution >= 4 is 77.0 Å². The van der Waals surface area contributed by atoms with E-state index in [1.807, 2.05) is 42.8 Å². The second-order valence-corrected chi connectivity index (χ2v) is 10.8. The van der Waals surface area contributed by atoms with Crippen LogP contribution in [0.1, 0.15) is 42.2 Å². The van der Waals surface area contributed by atoms with Crippen LogP contribution in [0.15, 0.2) is 34.0 Å². The third-order valence-corrected chi connectivity index (χ3v) is 8.41. The van der Waals surface area contributed by atoms with E-state index < -0.39 is 6.10 Å². The van der Waals surface area contributed by atoms with E-state index in [2.05, 4.69) is 111 Å². The molecule has 4 aromatic heterocycles.